The molecule has 0 amide bonds. The number of ether oxygens (including phenoxy) is 2. The number of aromatic nitrogens is 2. The van der Waals surface area contributed by atoms with Crippen molar-refractivity contribution in [3.8, 4) is 22.9 Å². The van der Waals surface area contributed by atoms with Crippen LogP contribution in [0, 0.1) is 6.92 Å². The maximum atomic E-state index is 13.0. The first-order chi connectivity index (χ1) is 15.6. The molecule has 5 nitrogen and oxygen atoms in total. The SMILES string of the molecule is COc1cc(-c2nc3sc4c(c3c(=O)[nH]2)CCCCC4)ccc1OCc1cccc(C)c1. The minimum absolute atomic E-state index is 0.0526. The van der Waals surface area contributed by atoms with Gasteiger partial charge in [0, 0.05) is 10.4 Å². The van der Waals surface area contributed by atoms with Crippen molar-refractivity contribution in [2.24, 2.45) is 0 Å². The van der Waals surface area contributed by atoms with Crippen molar-refractivity contribution in [3.05, 3.63) is 74.4 Å². The molecule has 0 bridgehead atoms. The summed E-state index contributed by atoms with van der Waals surface area (Å²) in [6.07, 6.45) is 5.57. The van der Waals surface area contributed by atoms with Crippen LogP contribution in [-0.2, 0) is 19.4 Å². The van der Waals surface area contributed by atoms with Crippen LogP contribution in [0.2, 0.25) is 0 Å². The Morgan fingerprint density at radius 2 is 1.94 bits per heavy atom. The number of aryl methyl sites for hydroxylation is 3. The van der Waals surface area contributed by atoms with Crippen molar-refractivity contribution < 1.29 is 9.47 Å². The van der Waals surface area contributed by atoms with E-state index in [2.05, 4.69) is 24.0 Å². The lowest BCUT2D eigenvalue weighted by Crippen LogP contribution is -2.10. The number of methoxy groups -OCH3 is 1. The largest absolute Gasteiger partial charge is 0.493 e. The smallest absolute Gasteiger partial charge is 0.260 e. The Bertz CT molecular complexity index is 1340. The molecule has 164 valence electrons. The summed E-state index contributed by atoms with van der Waals surface area (Å²) in [6.45, 7) is 2.52. The molecule has 0 aliphatic heterocycles. The molecule has 0 radical (unpaired) electrons. The molecule has 1 N–H and O–H groups in total. The first-order valence-electron chi connectivity index (χ1n) is 11.0. The topological polar surface area (TPSA) is 64.2 Å². The number of thiophene rings is 1. The fraction of sp³-hybridized carbons (Fsp3) is 0.308. The van der Waals surface area contributed by atoms with Gasteiger partial charge in [0.15, 0.2) is 11.5 Å². The van der Waals surface area contributed by atoms with Gasteiger partial charge in [-0.3, -0.25) is 4.79 Å². The molecule has 1 aliphatic carbocycles. The molecular formula is C26H26N2O3S. The van der Waals surface area contributed by atoms with E-state index in [1.165, 1.54) is 28.8 Å². The predicted molar refractivity (Wildman–Crippen MR) is 129 cm³/mol. The minimum atomic E-state index is -0.0526. The van der Waals surface area contributed by atoms with Crippen LogP contribution in [0.5, 0.6) is 11.5 Å². The molecule has 32 heavy (non-hydrogen) atoms. The second kappa shape index (κ2) is 8.79. The molecule has 0 atom stereocenters. The van der Waals surface area contributed by atoms with Crippen LogP contribution < -0.4 is 15.0 Å². The second-order valence-corrected chi connectivity index (χ2v) is 9.39. The summed E-state index contributed by atoms with van der Waals surface area (Å²) < 4.78 is 11.6. The Hall–Kier alpha value is -3.12. The number of H-pyrrole nitrogens is 1. The van der Waals surface area contributed by atoms with Crippen molar-refractivity contribution in [2.75, 3.05) is 7.11 Å². The summed E-state index contributed by atoms with van der Waals surface area (Å²) in [5, 5.41) is 0.778. The van der Waals surface area contributed by atoms with E-state index in [0.717, 1.165) is 40.6 Å². The molecular weight excluding hydrogens is 420 g/mol. The fourth-order valence-electron chi connectivity index (χ4n) is 4.37. The molecule has 1 aliphatic rings. The first-order valence-corrected chi connectivity index (χ1v) is 11.9. The maximum absolute atomic E-state index is 13.0. The van der Waals surface area contributed by atoms with E-state index >= 15 is 0 Å². The van der Waals surface area contributed by atoms with E-state index in [0.29, 0.717) is 23.9 Å². The van der Waals surface area contributed by atoms with Crippen molar-refractivity contribution in [1.82, 2.24) is 9.97 Å². The third-order valence-corrected chi connectivity index (χ3v) is 7.17. The molecule has 2 aromatic carbocycles. The molecule has 0 fully saturated rings. The van der Waals surface area contributed by atoms with Gasteiger partial charge in [-0.15, -0.1) is 11.3 Å². The monoisotopic (exact) mass is 446 g/mol. The van der Waals surface area contributed by atoms with Gasteiger partial charge in [0.05, 0.1) is 12.5 Å². The fourth-order valence-corrected chi connectivity index (χ4v) is 5.64. The number of nitrogens with zero attached hydrogens (tertiary/aromatic N) is 1. The predicted octanol–water partition coefficient (Wildman–Crippen LogP) is 5.82. The Morgan fingerprint density at radius 1 is 1.06 bits per heavy atom. The summed E-state index contributed by atoms with van der Waals surface area (Å²) in [7, 11) is 1.62. The number of benzene rings is 2. The van der Waals surface area contributed by atoms with Gasteiger partial charge < -0.3 is 14.5 Å². The van der Waals surface area contributed by atoms with Crippen LogP contribution in [0.25, 0.3) is 21.6 Å². The van der Waals surface area contributed by atoms with E-state index in [1.54, 1.807) is 18.4 Å². The summed E-state index contributed by atoms with van der Waals surface area (Å²) in [6, 6.07) is 13.9. The number of hydrogen-bond donors (Lipinski definition) is 1. The van der Waals surface area contributed by atoms with Gasteiger partial charge in [0.1, 0.15) is 17.3 Å². The van der Waals surface area contributed by atoms with E-state index in [1.807, 2.05) is 30.3 Å². The lowest BCUT2D eigenvalue weighted by atomic mass is 10.1. The molecule has 2 aromatic heterocycles. The number of rotatable bonds is 5. The van der Waals surface area contributed by atoms with E-state index < -0.39 is 0 Å². The van der Waals surface area contributed by atoms with Crippen LogP contribution >= 0.6 is 11.3 Å². The van der Waals surface area contributed by atoms with E-state index in [4.69, 9.17) is 14.5 Å². The lowest BCUT2D eigenvalue weighted by Gasteiger charge is -2.12. The third kappa shape index (κ3) is 4.02. The normalized spacial score (nSPS) is 13.6. The molecule has 0 unspecified atom stereocenters. The summed E-state index contributed by atoms with van der Waals surface area (Å²) in [4.78, 5) is 23.0. The van der Waals surface area contributed by atoms with Crippen molar-refractivity contribution in [1.29, 1.82) is 0 Å². The zero-order valence-electron chi connectivity index (χ0n) is 18.4. The van der Waals surface area contributed by atoms with Gasteiger partial charge in [-0.05, 0) is 61.9 Å². The highest BCUT2D eigenvalue weighted by Crippen LogP contribution is 2.35. The van der Waals surface area contributed by atoms with Crippen molar-refractivity contribution in [3.63, 3.8) is 0 Å². The van der Waals surface area contributed by atoms with E-state index in [9.17, 15) is 4.79 Å². The van der Waals surface area contributed by atoms with Gasteiger partial charge in [-0.2, -0.15) is 0 Å². The molecule has 0 saturated heterocycles. The summed E-state index contributed by atoms with van der Waals surface area (Å²) >= 11 is 1.67. The first kappa shape index (κ1) is 20.8. The highest BCUT2D eigenvalue weighted by molar-refractivity contribution is 7.18. The van der Waals surface area contributed by atoms with Crippen molar-refractivity contribution in [2.45, 2.75) is 45.6 Å². The van der Waals surface area contributed by atoms with Gasteiger partial charge in [-0.25, -0.2) is 4.98 Å². The van der Waals surface area contributed by atoms with Crippen molar-refractivity contribution >= 4 is 21.6 Å². The third-order valence-electron chi connectivity index (χ3n) is 5.99. The average Bonchev–Trinajstić information content (AvgIpc) is 2.99. The lowest BCUT2D eigenvalue weighted by molar-refractivity contribution is 0.284. The molecule has 6 heteroatoms. The number of aromatic amines is 1. The number of hydrogen-bond acceptors (Lipinski definition) is 5. The van der Waals surface area contributed by atoms with Gasteiger partial charge in [-0.1, -0.05) is 36.2 Å². The highest BCUT2D eigenvalue weighted by atomic mass is 32.1. The highest BCUT2D eigenvalue weighted by Gasteiger charge is 2.19. The zero-order valence-corrected chi connectivity index (χ0v) is 19.2. The Balaban J connectivity index is 1.46. The Labute approximate surface area is 191 Å². The number of nitrogens with one attached hydrogen (secondary N) is 1. The minimum Gasteiger partial charge on any atom is -0.493 e. The summed E-state index contributed by atoms with van der Waals surface area (Å²) in [5.74, 6) is 1.83. The van der Waals surface area contributed by atoms with Crippen LogP contribution in [0.3, 0.4) is 0 Å². The quantitative estimate of drug-likeness (QED) is 0.393. The zero-order chi connectivity index (χ0) is 22.1. The molecule has 0 saturated carbocycles. The molecule has 2 heterocycles. The molecule has 0 spiro atoms. The van der Waals surface area contributed by atoms with Gasteiger partial charge in [0.25, 0.3) is 5.56 Å². The summed E-state index contributed by atoms with van der Waals surface area (Å²) in [5.41, 5.74) is 4.26. The van der Waals surface area contributed by atoms with Gasteiger partial charge in [0.2, 0.25) is 0 Å². The number of fused-ring (bicyclic) bond motifs is 3. The van der Waals surface area contributed by atoms with Crippen LogP contribution in [-0.4, -0.2) is 17.1 Å². The van der Waals surface area contributed by atoms with Crippen LogP contribution in [0.4, 0.5) is 0 Å². The maximum Gasteiger partial charge on any atom is 0.260 e. The van der Waals surface area contributed by atoms with E-state index in [-0.39, 0.29) is 5.56 Å². The van der Waals surface area contributed by atoms with Gasteiger partial charge >= 0.3 is 0 Å². The molecule has 5 rings (SSSR count). The average molecular weight is 447 g/mol. The standard InChI is InChI=1S/C26H26N2O3S/c1-16-7-6-8-17(13-16)15-31-20-12-11-18(14-21(20)30-2)24-27-25(29)23-19-9-4-3-5-10-22(19)32-26(23)28-24/h6-8,11-14H,3-5,9-10,15H2,1-2H3,(H,27,28,29). The Kier molecular flexibility index (Phi) is 5.70. The Morgan fingerprint density at radius 3 is 2.78 bits per heavy atom. The van der Waals surface area contributed by atoms with Crippen LogP contribution in [0.15, 0.2) is 47.3 Å². The van der Waals surface area contributed by atoms with Crippen LogP contribution in [0.1, 0.15) is 40.8 Å². The second-order valence-electron chi connectivity index (χ2n) is 8.30. The molecule has 4 aromatic rings.